The summed E-state index contributed by atoms with van der Waals surface area (Å²) in [4.78, 5) is 27.8. The standard InChI is InChI=1S/C25H29N3O4S/c29-24(19-8-11-22(12-9-19)33(31,32)27-14-3-4-15-27)26-21-10-7-18-13-16-28(23(18)17-21)25(30)20-5-1-2-6-20/h7-12,17,20H,1-6,13-16H2,(H,26,29). The molecule has 1 saturated carbocycles. The Morgan fingerprint density at radius 3 is 2.27 bits per heavy atom. The van der Waals surface area contributed by atoms with Crippen molar-refractivity contribution in [3.8, 4) is 0 Å². The van der Waals surface area contributed by atoms with Gasteiger partial charge in [0.2, 0.25) is 15.9 Å². The molecule has 7 nitrogen and oxygen atoms in total. The molecule has 2 aromatic carbocycles. The molecule has 0 radical (unpaired) electrons. The zero-order valence-electron chi connectivity index (χ0n) is 18.6. The average Bonchev–Trinajstić information content (AvgIpc) is 3.60. The quantitative estimate of drug-likeness (QED) is 0.725. The second-order valence-electron chi connectivity index (χ2n) is 9.15. The van der Waals surface area contributed by atoms with Crippen molar-refractivity contribution in [3.63, 3.8) is 0 Å². The van der Waals surface area contributed by atoms with Crippen LogP contribution >= 0.6 is 0 Å². The van der Waals surface area contributed by atoms with Crippen molar-refractivity contribution >= 4 is 33.2 Å². The van der Waals surface area contributed by atoms with Crippen molar-refractivity contribution in [2.24, 2.45) is 5.92 Å². The molecule has 1 N–H and O–H groups in total. The number of carbonyl (C=O) groups excluding carboxylic acids is 2. The zero-order chi connectivity index (χ0) is 23.0. The van der Waals surface area contributed by atoms with Gasteiger partial charge in [0.15, 0.2) is 0 Å². The van der Waals surface area contributed by atoms with Gasteiger partial charge in [-0.15, -0.1) is 0 Å². The minimum atomic E-state index is -3.50. The third-order valence-electron chi connectivity index (χ3n) is 7.03. The van der Waals surface area contributed by atoms with Crippen molar-refractivity contribution < 1.29 is 18.0 Å². The molecule has 0 atom stereocenters. The molecule has 3 aliphatic rings. The molecule has 0 aromatic heterocycles. The highest BCUT2D eigenvalue weighted by Gasteiger charge is 2.32. The Morgan fingerprint density at radius 2 is 1.58 bits per heavy atom. The second kappa shape index (κ2) is 8.91. The number of anilines is 2. The first-order valence-corrected chi connectivity index (χ1v) is 13.2. The van der Waals surface area contributed by atoms with Crippen LogP contribution < -0.4 is 10.2 Å². The van der Waals surface area contributed by atoms with Gasteiger partial charge in [-0.2, -0.15) is 4.31 Å². The summed E-state index contributed by atoms with van der Waals surface area (Å²) in [6.07, 6.45) is 6.75. The van der Waals surface area contributed by atoms with E-state index in [1.807, 2.05) is 23.1 Å². The average molecular weight is 468 g/mol. The van der Waals surface area contributed by atoms with Gasteiger partial charge in [-0.1, -0.05) is 18.9 Å². The van der Waals surface area contributed by atoms with Gasteiger partial charge in [-0.05, 0) is 74.1 Å². The molecule has 2 heterocycles. The highest BCUT2D eigenvalue weighted by atomic mass is 32.2. The Hall–Kier alpha value is -2.71. The summed E-state index contributed by atoms with van der Waals surface area (Å²) < 4.78 is 26.9. The fourth-order valence-electron chi connectivity index (χ4n) is 5.14. The first kappa shape index (κ1) is 22.1. The van der Waals surface area contributed by atoms with Crippen LogP contribution in [0.3, 0.4) is 0 Å². The molecule has 2 amide bonds. The number of amides is 2. The normalized spacial score (nSPS) is 19.1. The van der Waals surface area contributed by atoms with Crippen LogP contribution in [0.1, 0.15) is 54.4 Å². The van der Waals surface area contributed by atoms with Crippen molar-refractivity contribution in [1.29, 1.82) is 0 Å². The minimum Gasteiger partial charge on any atom is -0.322 e. The number of benzene rings is 2. The SMILES string of the molecule is O=C(Nc1ccc2c(c1)N(C(=O)C1CCCC1)CC2)c1ccc(S(=O)(=O)N2CCCC2)cc1. The number of fused-ring (bicyclic) bond motifs is 1. The maximum absolute atomic E-state index is 13.0. The molecule has 0 bridgehead atoms. The predicted octanol–water partition coefficient (Wildman–Crippen LogP) is 3.80. The highest BCUT2D eigenvalue weighted by molar-refractivity contribution is 7.89. The number of nitrogens with zero attached hydrogens (tertiary/aromatic N) is 2. The number of carbonyl (C=O) groups is 2. The first-order valence-electron chi connectivity index (χ1n) is 11.8. The molecule has 1 saturated heterocycles. The summed E-state index contributed by atoms with van der Waals surface area (Å²) in [5, 5.41) is 2.89. The fraction of sp³-hybridized carbons (Fsp3) is 0.440. The van der Waals surface area contributed by atoms with Crippen LogP contribution in [0, 0.1) is 5.92 Å². The Balaban J connectivity index is 1.29. The number of sulfonamides is 1. The predicted molar refractivity (Wildman–Crippen MR) is 127 cm³/mol. The van der Waals surface area contributed by atoms with Gasteiger partial charge in [-0.25, -0.2) is 8.42 Å². The van der Waals surface area contributed by atoms with Gasteiger partial charge in [0, 0.05) is 42.5 Å². The van der Waals surface area contributed by atoms with E-state index in [0.29, 0.717) is 30.9 Å². The summed E-state index contributed by atoms with van der Waals surface area (Å²) in [7, 11) is -3.50. The maximum atomic E-state index is 13.0. The van der Waals surface area contributed by atoms with E-state index >= 15 is 0 Å². The zero-order valence-corrected chi connectivity index (χ0v) is 19.4. The van der Waals surface area contributed by atoms with Crippen LogP contribution in [0.2, 0.25) is 0 Å². The smallest absolute Gasteiger partial charge is 0.255 e. The van der Waals surface area contributed by atoms with E-state index in [9.17, 15) is 18.0 Å². The van der Waals surface area contributed by atoms with E-state index in [0.717, 1.165) is 56.2 Å². The maximum Gasteiger partial charge on any atom is 0.255 e. The van der Waals surface area contributed by atoms with Crippen LogP contribution in [0.5, 0.6) is 0 Å². The van der Waals surface area contributed by atoms with Gasteiger partial charge in [-0.3, -0.25) is 9.59 Å². The van der Waals surface area contributed by atoms with Gasteiger partial charge < -0.3 is 10.2 Å². The van der Waals surface area contributed by atoms with Crippen LogP contribution in [0.4, 0.5) is 11.4 Å². The molecule has 174 valence electrons. The number of hydrogen-bond acceptors (Lipinski definition) is 4. The largest absolute Gasteiger partial charge is 0.322 e. The van der Waals surface area contributed by atoms with Crippen LogP contribution in [-0.2, 0) is 21.2 Å². The Bertz CT molecular complexity index is 1160. The van der Waals surface area contributed by atoms with Gasteiger partial charge in [0.1, 0.15) is 0 Å². The Morgan fingerprint density at radius 1 is 0.879 bits per heavy atom. The number of rotatable bonds is 5. The monoisotopic (exact) mass is 467 g/mol. The van der Waals surface area contributed by atoms with E-state index < -0.39 is 10.0 Å². The summed E-state index contributed by atoms with van der Waals surface area (Å²) in [5.74, 6) is 0.000754. The van der Waals surface area contributed by atoms with Crippen LogP contribution in [0.25, 0.3) is 0 Å². The van der Waals surface area contributed by atoms with Crippen molar-refractivity contribution in [3.05, 3.63) is 53.6 Å². The van der Waals surface area contributed by atoms with Crippen LogP contribution in [0.15, 0.2) is 47.4 Å². The lowest BCUT2D eigenvalue weighted by Gasteiger charge is -2.21. The summed E-state index contributed by atoms with van der Waals surface area (Å²) in [6.45, 7) is 1.78. The van der Waals surface area contributed by atoms with Crippen molar-refractivity contribution in [2.75, 3.05) is 29.9 Å². The minimum absolute atomic E-state index is 0.115. The summed E-state index contributed by atoms with van der Waals surface area (Å²) >= 11 is 0. The Kier molecular flexibility index (Phi) is 5.97. The molecule has 2 aromatic rings. The lowest BCUT2D eigenvalue weighted by molar-refractivity contribution is -0.122. The summed E-state index contributed by atoms with van der Waals surface area (Å²) in [6, 6.07) is 11.8. The Labute approximate surface area is 194 Å². The van der Waals surface area contributed by atoms with Gasteiger partial charge in [0.05, 0.1) is 4.90 Å². The second-order valence-corrected chi connectivity index (χ2v) is 11.1. The van der Waals surface area contributed by atoms with Crippen molar-refractivity contribution in [2.45, 2.75) is 49.8 Å². The van der Waals surface area contributed by atoms with Gasteiger partial charge in [0.25, 0.3) is 5.91 Å². The lowest BCUT2D eigenvalue weighted by Crippen LogP contribution is -2.33. The third kappa shape index (κ3) is 4.29. The molecule has 2 aliphatic heterocycles. The molecule has 5 rings (SSSR count). The molecule has 8 heteroatoms. The van der Waals surface area contributed by atoms with Crippen molar-refractivity contribution in [1.82, 2.24) is 4.31 Å². The van der Waals surface area contributed by atoms with E-state index in [1.165, 1.54) is 16.4 Å². The van der Waals surface area contributed by atoms with Crippen LogP contribution in [-0.4, -0.2) is 44.2 Å². The third-order valence-corrected chi connectivity index (χ3v) is 8.94. The molecule has 2 fully saturated rings. The number of hydrogen-bond donors (Lipinski definition) is 1. The molecule has 0 unspecified atom stereocenters. The van der Waals surface area contributed by atoms with E-state index in [4.69, 9.17) is 0 Å². The lowest BCUT2D eigenvalue weighted by atomic mass is 10.1. The van der Waals surface area contributed by atoms with Gasteiger partial charge >= 0.3 is 0 Å². The number of nitrogens with one attached hydrogen (secondary N) is 1. The van der Waals surface area contributed by atoms with E-state index in [2.05, 4.69) is 5.32 Å². The van der Waals surface area contributed by atoms with E-state index in [1.54, 1.807) is 12.1 Å². The molecule has 0 spiro atoms. The first-order chi connectivity index (χ1) is 15.9. The molecule has 1 aliphatic carbocycles. The molecular formula is C25H29N3O4S. The summed E-state index contributed by atoms with van der Waals surface area (Å²) in [5.41, 5.74) is 3.01. The highest BCUT2D eigenvalue weighted by Crippen LogP contribution is 2.35. The fourth-order valence-corrected chi connectivity index (χ4v) is 6.66. The molecule has 33 heavy (non-hydrogen) atoms. The molecular weight excluding hydrogens is 438 g/mol. The van der Waals surface area contributed by atoms with E-state index in [-0.39, 0.29) is 22.6 Å². The topological polar surface area (TPSA) is 86.8 Å².